The molecule has 0 aliphatic carbocycles. The molecule has 0 aliphatic heterocycles. The standard InChI is InChI=1S/C25H28F2N2O5/c1-16(31)29-23(12-18-10-20(26)13-21(27)11-18)24(32)15-28-22(14-25(33)34-2)19-7-3-5-17(9-19)6-4-8-30/h3,5,7,9-11,13,22-24,28,30,32H,8,12,14-15H2,1-2H3,(H,29,31)/t22?,23-,24+/m0/s1. The molecule has 0 aliphatic rings. The number of rotatable bonds is 10. The molecule has 2 rings (SSSR count). The fourth-order valence-corrected chi connectivity index (χ4v) is 3.46. The van der Waals surface area contributed by atoms with Crippen molar-refractivity contribution in [2.75, 3.05) is 20.3 Å². The fraction of sp³-hybridized carbons (Fsp3) is 0.360. The Kier molecular flexibility index (Phi) is 10.6. The zero-order chi connectivity index (χ0) is 25.1. The van der Waals surface area contributed by atoms with Crippen LogP contribution < -0.4 is 10.6 Å². The molecule has 3 atom stereocenters. The predicted molar refractivity (Wildman–Crippen MR) is 121 cm³/mol. The second-order valence-corrected chi connectivity index (χ2v) is 7.68. The summed E-state index contributed by atoms with van der Waals surface area (Å²) in [7, 11) is 1.27. The highest BCUT2D eigenvalue weighted by Gasteiger charge is 2.24. The fourth-order valence-electron chi connectivity index (χ4n) is 3.46. The van der Waals surface area contributed by atoms with E-state index in [0.717, 1.165) is 18.2 Å². The lowest BCUT2D eigenvalue weighted by Crippen LogP contribution is -2.48. The van der Waals surface area contributed by atoms with Gasteiger partial charge in [-0.3, -0.25) is 9.59 Å². The smallest absolute Gasteiger partial charge is 0.307 e. The van der Waals surface area contributed by atoms with Gasteiger partial charge in [0, 0.05) is 31.1 Å². The molecule has 1 amide bonds. The van der Waals surface area contributed by atoms with E-state index in [4.69, 9.17) is 9.84 Å². The van der Waals surface area contributed by atoms with Crippen LogP contribution in [0.25, 0.3) is 0 Å². The first-order valence-electron chi connectivity index (χ1n) is 10.6. The van der Waals surface area contributed by atoms with Crippen LogP contribution in [0.5, 0.6) is 0 Å². The monoisotopic (exact) mass is 474 g/mol. The largest absolute Gasteiger partial charge is 0.469 e. The van der Waals surface area contributed by atoms with E-state index in [2.05, 4.69) is 22.5 Å². The van der Waals surface area contributed by atoms with Crippen molar-refractivity contribution in [2.24, 2.45) is 0 Å². The Morgan fingerprint density at radius 2 is 1.85 bits per heavy atom. The molecule has 0 radical (unpaired) electrons. The van der Waals surface area contributed by atoms with Crippen LogP contribution >= 0.6 is 0 Å². The van der Waals surface area contributed by atoms with Crippen molar-refractivity contribution in [3.05, 3.63) is 70.8 Å². The van der Waals surface area contributed by atoms with Crippen molar-refractivity contribution in [1.29, 1.82) is 0 Å². The van der Waals surface area contributed by atoms with Gasteiger partial charge in [0.25, 0.3) is 0 Å². The summed E-state index contributed by atoms with van der Waals surface area (Å²) in [6, 6.07) is 8.64. The number of amides is 1. The SMILES string of the molecule is COC(=O)CC(NC[C@@H](O)[C@H](Cc1cc(F)cc(F)c1)NC(C)=O)c1cccc(C#CCO)c1. The number of hydrogen-bond donors (Lipinski definition) is 4. The first kappa shape index (κ1) is 26.9. The van der Waals surface area contributed by atoms with E-state index < -0.39 is 41.7 Å². The third kappa shape index (κ3) is 8.90. The third-order valence-corrected chi connectivity index (χ3v) is 5.00. The maximum Gasteiger partial charge on any atom is 0.307 e. The van der Waals surface area contributed by atoms with Gasteiger partial charge in [0.2, 0.25) is 5.91 Å². The number of carbonyl (C=O) groups excluding carboxylic acids is 2. The number of aliphatic hydroxyl groups excluding tert-OH is 2. The van der Waals surface area contributed by atoms with E-state index in [9.17, 15) is 23.5 Å². The Hall–Kier alpha value is -3.32. The van der Waals surface area contributed by atoms with Gasteiger partial charge in [-0.25, -0.2) is 8.78 Å². The number of ether oxygens (including phenoxy) is 1. The van der Waals surface area contributed by atoms with Crippen LogP contribution in [0.15, 0.2) is 42.5 Å². The zero-order valence-electron chi connectivity index (χ0n) is 19.0. The summed E-state index contributed by atoms with van der Waals surface area (Å²) < 4.78 is 31.9. The minimum Gasteiger partial charge on any atom is -0.469 e. The number of carbonyl (C=O) groups is 2. The van der Waals surface area contributed by atoms with Gasteiger partial charge in [0.05, 0.1) is 25.7 Å². The Bertz CT molecular complexity index is 1030. The average molecular weight is 475 g/mol. The highest BCUT2D eigenvalue weighted by atomic mass is 19.1. The number of halogens is 2. The molecule has 0 fully saturated rings. The highest BCUT2D eigenvalue weighted by Crippen LogP contribution is 2.19. The molecule has 34 heavy (non-hydrogen) atoms. The normalized spacial score (nSPS) is 13.2. The molecule has 4 N–H and O–H groups in total. The Balaban J connectivity index is 2.19. The number of esters is 1. The third-order valence-electron chi connectivity index (χ3n) is 5.00. The number of benzene rings is 2. The summed E-state index contributed by atoms with van der Waals surface area (Å²) in [5.74, 6) is 2.94. The number of methoxy groups -OCH3 is 1. The van der Waals surface area contributed by atoms with Crippen LogP contribution in [0.4, 0.5) is 8.78 Å². The minimum absolute atomic E-state index is 0.00892. The van der Waals surface area contributed by atoms with E-state index in [1.165, 1.54) is 14.0 Å². The number of hydrogen-bond acceptors (Lipinski definition) is 6. The van der Waals surface area contributed by atoms with Gasteiger partial charge in [-0.05, 0) is 41.8 Å². The van der Waals surface area contributed by atoms with E-state index in [0.29, 0.717) is 11.1 Å². The van der Waals surface area contributed by atoms with Crippen molar-refractivity contribution < 1.29 is 33.3 Å². The highest BCUT2D eigenvalue weighted by molar-refractivity contribution is 5.73. The van der Waals surface area contributed by atoms with Gasteiger partial charge in [0.15, 0.2) is 0 Å². The second-order valence-electron chi connectivity index (χ2n) is 7.68. The summed E-state index contributed by atoms with van der Waals surface area (Å²) in [5, 5.41) is 25.4. The zero-order valence-corrected chi connectivity index (χ0v) is 19.0. The predicted octanol–water partition coefficient (Wildman–Crippen LogP) is 1.61. The van der Waals surface area contributed by atoms with Crippen LogP contribution in [0, 0.1) is 23.5 Å². The lowest BCUT2D eigenvalue weighted by Gasteiger charge is -2.27. The maximum atomic E-state index is 13.6. The summed E-state index contributed by atoms with van der Waals surface area (Å²) in [6.45, 7) is 0.940. The van der Waals surface area contributed by atoms with Gasteiger partial charge in [-0.2, -0.15) is 0 Å². The molecule has 1 unspecified atom stereocenters. The lowest BCUT2D eigenvalue weighted by atomic mass is 9.98. The van der Waals surface area contributed by atoms with Crippen LogP contribution in [0.3, 0.4) is 0 Å². The van der Waals surface area contributed by atoms with E-state index in [1.807, 2.05) is 0 Å². The lowest BCUT2D eigenvalue weighted by molar-refractivity contribution is -0.141. The Labute approximate surface area is 197 Å². The molecule has 2 aromatic rings. The molecule has 0 bridgehead atoms. The minimum atomic E-state index is -1.15. The average Bonchev–Trinajstić information content (AvgIpc) is 2.78. The van der Waals surface area contributed by atoms with Crippen molar-refractivity contribution in [2.45, 2.75) is 38.0 Å². The molecule has 9 heteroatoms. The Morgan fingerprint density at radius 1 is 1.15 bits per heavy atom. The number of aliphatic hydroxyl groups is 2. The molecule has 0 heterocycles. The summed E-state index contributed by atoms with van der Waals surface area (Å²) in [4.78, 5) is 23.6. The van der Waals surface area contributed by atoms with Gasteiger partial charge >= 0.3 is 5.97 Å². The first-order valence-corrected chi connectivity index (χ1v) is 10.6. The molecular formula is C25H28F2N2O5. The number of nitrogens with one attached hydrogen (secondary N) is 2. The first-order chi connectivity index (χ1) is 16.2. The van der Waals surface area contributed by atoms with E-state index in [1.54, 1.807) is 24.3 Å². The van der Waals surface area contributed by atoms with Gasteiger partial charge < -0.3 is 25.6 Å². The molecule has 182 valence electrons. The molecule has 0 spiro atoms. The molecular weight excluding hydrogens is 446 g/mol. The van der Waals surface area contributed by atoms with Crippen molar-refractivity contribution in [3.63, 3.8) is 0 Å². The summed E-state index contributed by atoms with van der Waals surface area (Å²) in [5.41, 5.74) is 1.61. The summed E-state index contributed by atoms with van der Waals surface area (Å²) in [6.07, 6.45) is -1.20. The van der Waals surface area contributed by atoms with Crippen LogP contribution in [-0.4, -0.2) is 54.5 Å². The molecule has 0 saturated carbocycles. The van der Waals surface area contributed by atoms with Crippen LogP contribution in [-0.2, 0) is 20.7 Å². The molecule has 7 nitrogen and oxygen atoms in total. The second kappa shape index (κ2) is 13.4. The quantitative estimate of drug-likeness (QED) is 0.308. The van der Waals surface area contributed by atoms with Crippen LogP contribution in [0.2, 0.25) is 0 Å². The van der Waals surface area contributed by atoms with Crippen molar-refractivity contribution in [1.82, 2.24) is 10.6 Å². The summed E-state index contributed by atoms with van der Waals surface area (Å²) >= 11 is 0. The molecule has 0 saturated heterocycles. The van der Waals surface area contributed by atoms with Crippen LogP contribution in [0.1, 0.15) is 36.1 Å². The molecule has 0 aromatic heterocycles. The van der Waals surface area contributed by atoms with Crippen molar-refractivity contribution in [3.8, 4) is 11.8 Å². The van der Waals surface area contributed by atoms with E-state index in [-0.39, 0.29) is 31.6 Å². The Morgan fingerprint density at radius 3 is 2.47 bits per heavy atom. The van der Waals surface area contributed by atoms with Crippen molar-refractivity contribution >= 4 is 11.9 Å². The molecule has 2 aromatic carbocycles. The van der Waals surface area contributed by atoms with Gasteiger partial charge in [-0.1, -0.05) is 24.0 Å². The maximum absolute atomic E-state index is 13.6. The van der Waals surface area contributed by atoms with E-state index >= 15 is 0 Å². The van der Waals surface area contributed by atoms with Gasteiger partial charge in [-0.15, -0.1) is 0 Å². The topological polar surface area (TPSA) is 108 Å². The van der Waals surface area contributed by atoms with Gasteiger partial charge in [0.1, 0.15) is 18.2 Å².